The van der Waals surface area contributed by atoms with Crippen LogP contribution in [0, 0.1) is 0 Å². The summed E-state index contributed by atoms with van der Waals surface area (Å²) in [7, 11) is 0. The number of nitrogens with zero attached hydrogens (tertiary/aromatic N) is 1. The number of amides is 1. The van der Waals surface area contributed by atoms with Crippen LogP contribution in [0.15, 0.2) is 42.7 Å². The highest BCUT2D eigenvalue weighted by Crippen LogP contribution is 2.23. The zero-order valence-corrected chi connectivity index (χ0v) is 10.9. The first-order valence-corrected chi connectivity index (χ1v) is 5.97. The summed E-state index contributed by atoms with van der Waals surface area (Å²) < 4.78 is 0. The summed E-state index contributed by atoms with van der Waals surface area (Å²) in [5.74, 6) is -0.413. The highest BCUT2D eigenvalue weighted by molar-refractivity contribution is 6.34. The highest BCUT2D eigenvalue weighted by atomic mass is 35.5. The van der Waals surface area contributed by atoms with Crippen LogP contribution in [0.3, 0.4) is 0 Å². The van der Waals surface area contributed by atoms with Crippen LogP contribution in [-0.4, -0.2) is 16.7 Å². The Kier molecular flexibility index (Phi) is 3.92. The topological polar surface area (TPSA) is 59.1 Å². The average Bonchev–Trinajstić information content (AvgIpc) is 2.42. The molecule has 1 aromatic heterocycles. The van der Waals surface area contributed by atoms with Crippen molar-refractivity contribution in [2.75, 3.05) is 5.32 Å². The number of pyridine rings is 1. The van der Waals surface area contributed by atoms with Crippen molar-refractivity contribution in [1.82, 2.24) is 4.98 Å². The molecule has 5 heteroatoms. The molecule has 0 radical (unpaired) electrons. The third kappa shape index (κ3) is 3.17. The van der Waals surface area contributed by atoms with Gasteiger partial charge in [0.05, 0.1) is 16.3 Å². The Balaban J connectivity index is 2.26. The number of carbonyl (C=O) groups excluding carboxylic acids is 2. The largest absolute Gasteiger partial charge is 0.321 e. The molecular weight excluding hydrogens is 264 g/mol. The Morgan fingerprint density at radius 3 is 2.63 bits per heavy atom. The Bertz CT molecular complexity index is 627. The van der Waals surface area contributed by atoms with Crippen molar-refractivity contribution >= 4 is 29.0 Å². The average molecular weight is 275 g/mol. The number of benzene rings is 1. The van der Waals surface area contributed by atoms with Gasteiger partial charge in [0, 0.05) is 18.0 Å². The second-order valence-electron chi connectivity index (χ2n) is 3.95. The SMILES string of the molecule is CC(=O)c1ccc(Cl)c(NC(=O)c2cccnc2)c1. The maximum atomic E-state index is 12.0. The second-order valence-corrected chi connectivity index (χ2v) is 4.35. The third-order valence-electron chi connectivity index (χ3n) is 2.54. The molecule has 96 valence electrons. The lowest BCUT2D eigenvalue weighted by molar-refractivity contribution is 0.101. The zero-order valence-electron chi connectivity index (χ0n) is 10.2. The molecule has 1 N–H and O–H groups in total. The fourth-order valence-electron chi connectivity index (χ4n) is 1.53. The van der Waals surface area contributed by atoms with E-state index in [4.69, 9.17) is 11.6 Å². The molecule has 0 atom stereocenters. The molecule has 2 rings (SSSR count). The Labute approximate surface area is 115 Å². The molecule has 1 heterocycles. The van der Waals surface area contributed by atoms with E-state index in [1.165, 1.54) is 13.1 Å². The van der Waals surface area contributed by atoms with Crippen LogP contribution < -0.4 is 5.32 Å². The number of anilines is 1. The molecule has 0 aliphatic carbocycles. The smallest absolute Gasteiger partial charge is 0.257 e. The van der Waals surface area contributed by atoms with Gasteiger partial charge in [-0.2, -0.15) is 0 Å². The number of nitrogens with one attached hydrogen (secondary N) is 1. The predicted octanol–water partition coefficient (Wildman–Crippen LogP) is 3.19. The lowest BCUT2D eigenvalue weighted by atomic mass is 10.1. The van der Waals surface area contributed by atoms with Crippen molar-refractivity contribution in [3.63, 3.8) is 0 Å². The van der Waals surface area contributed by atoms with Crippen LogP contribution in [-0.2, 0) is 0 Å². The number of halogens is 1. The van der Waals surface area contributed by atoms with Crippen molar-refractivity contribution in [3.8, 4) is 0 Å². The van der Waals surface area contributed by atoms with E-state index in [1.54, 1.807) is 36.5 Å². The lowest BCUT2D eigenvalue weighted by Crippen LogP contribution is -2.12. The number of Topliss-reactive ketones (excluding diaryl/α,β-unsaturated/α-hetero) is 1. The number of carbonyl (C=O) groups is 2. The van der Waals surface area contributed by atoms with E-state index >= 15 is 0 Å². The third-order valence-corrected chi connectivity index (χ3v) is 2.87. The summed E-state index contributed by atoms with van der Waals surface area (Å²) in [6.07, 6.45) is 3.04. The minimum Gasteiger partial charge on any atom is -0.321 e. The Hall–Kier alpha value is -2.20. The minimum absolute atomic E-state index is 0.0893. The van der Waals surface area contributed by atoms with Gasteiger partial charge in [-0.1, -0.05) is 11.6 Å². The standard InChI is InChI=1S/C14H11ClN2O2/c1-9(18)10-4-5-12(15)13(7-10)17-14(19)11-3-2-6-16-8-11/h2-8H,1H3,(H,17,19). The molecule has 4 nitrogen and oxygen atoms in total. The molecule has 0 aliphatic rings. The van der Waals surface area contributed by atoms with E-state index in [-0.39, 0.29) is 11.7 Å². The first-order chi connectivity index (χ1) is 9.08. The van der Waals surface area contributed by atoms with Crippen LogP contribution in [0.4, 0.5) is 5.69 Å². The van der Waals surface area contributed by atoms with Gasteiger partial charge in [-0.15, -0.1) is 0 Å². The Morgan fingerprint density at radius 1 is 1.21 bits per heavy atom. The van der Waals surface area contributed by atoms with Gasteiger partial charge < -0.3 is 5.32 Å². The van der Waals surface area contributed by atoms with Crippen molar-refractivity contribution in [2.24, 2.45) is 0 Å². The number of rotatable bonds is 3. The fourth-order valence-corrected chi connectivity index (χ4v) is 1.70. The molecule has 0 unspecified atom stereocenters. The van der Waals surface area contributed by atoms with E-state index in [9.17, 15) is 9.59 Å². The molecule has 19 heavy (non-hydrogen) atoms. The molecule has 1 aromatic carbocycles. The van der Waals surface area contributed by atoms with Crippen LogP contribution in [0.2, 0.25) is 5.02 Å². The summed E-state index contributed by atoms with van der Waals surface area (Å²) >= 11 is 5.99. The van der Waals surface area contributed by atoms with Crippen LogP contribution in [0.1, 0.15) is 27.6 Å². The molecule has 0 aliphatic heterocycles. The van der Waals surface area contributed by atoms with Gasteiger partial charge in [0.1, 0.15) is 0 Å². The normalized spacial score (nSPS) is 10.0. The molecule has 0 spiro atoms. The van der Waals surface area contributed by atoms with Crippen LogP contribution >= 0.6 is 11.6 Å². The van der Waals surface area contributed by atoms with Crippen molar-refractivity contribution < 1.29 is 9.59 Å². The Morgan fingerprint density at radius 2 is 2.00 bits per heavy atom. The van der Waals surface area contributed by atoms with Gasteiger partial charge in [-0.3, -0.25) is 14.6 Å². The van der Waals surface area contributed by atoms with Gasteiger partial charge in [0.15, 0.2) is 5.78 Å². The van der Waals surface area contributed by atoms with Gasteiger partial charge >= 0.3 is 0 Å². The van der Waals surface area contributed by atoms with E-state index in [0.29, 0.717) is 21.8 Å². The molecule has 0 saturated heterocycles. The predicted molar refractivity (Wildman–Crippen MR) is 73.6 cm³/mol. The molecule has 0 bridgehead atoms. The van der Waals surface area contributed by atoms with Crippen LogP contribution in [0.25, 0.3) is 0 Å². The van der Waals surface area contributed by atoms with Gasteiger partial charge in [-0.25, -0.2) is 0 Å². The van der Waals surface area contributed by atoms with Gasteiger partial charge in [-0.05, 0) is 37.3 Å². The fraction of sp³-hybridized carbons (Fsp3) is 0.0714. The van der Waals surface area contributed by atoms with E-state index in [0.717, 1.165) is 0 Å². The maximum Gasteiger partial charge on any atom is 0.257 e. The molecule has 0 fully saturated rings. The summed E-state index contributed by atoms with van der Waals surface area (Å²) in [5, 5.41) is 3.04. The van der Waals surface area contributed by atoms with E-state index < -0.39 is 0 Å². The molecule has 2 aromatic rings. The highest BCUT2D eigenvalue weighted by Gasteiger charge is 2.10. The summed E-state index contributed by atoms with van der Waals surface area (Å²) in [6, 6.07) is 8.06. The number of ketones is 1. The summed E-state index contributed by atoms with van der Waals surface area (Å²) in [5.41, 5.74) is 1.32. The quantitative estimate of drug-likeness (QED) is 0.875. The molecule has 0 saturated carbocycles. The monoisotopic (exact) mass is 274 g/mol. The number of aromatic nitrogens is 1. The lowest BCUT2D eigenvalue weighted by Gasteiger charge is -2.08. The zero-order chi connectivity index (χ0) is 13.8. The first kappa shape index (κ1) is 13.2. The minimum atomic E-state index is -0.323. The van der Waals surface area contributed by atoms with Gasteiger partial charge in [0.2, 0.25) is 0 Å². The van der Waals surface area contributed by atoms with E-state index in [1.807, 2.05) is 0 Å². The molecule has 1 amide bonds. The second kappa shape index (κ2) is 5.63. The maximum absolute atomic E-state index is 12.0. The van der Waals surface area contributed by atoms with Crippen molar-refractivity contribution in [2.45, 2.75) is 6.92 Å². The van der Waals surface area contributed by atoms with Crippen LogP contribution in [0.5, 0.6) is 0 Å². The summed E-state index contributed by atoms with van der Waals surface area (Å²) in [4.78, 5) is 27.1. The molecular formula is C14H11ClN2O2. The number of hydrogen-bond acceptors (Lipinski definition) is 3. The summed E-state index contributed by atoms with van der Waals surface area (Å²) in [6.45, 7) is 1.45. The van der Waals surface area contributed by atoms with Gasteiger partial charge in [0.25, 0.3) is 5.91 Å². The van der Waals surface area contributed by atoms with E-state index in [2.05, 4.69) is 10.3 Å². The number of hydrogen-bond donors (Lipinski definition) is 1. The van der Waals surface area contributed by atoms with Crippen molar-refractivity contribution in [3.05, 3.63) is 58.9 Å². The van der Waals surface area contributed by atoms with Crippen molar-refractivity contribution in [1.29, 1.82) is 0 Å². The first-order valence-electron chi connectivity index (χ1n) is 5.60.